The largest absolute Gasteiger partial charge is 0.311 e. The zero-order chi connectivity index (χ0) is 9.80. The van der Waals surface area contributed by atoms with Crippen molar-refractivity contribution in [1.82, 2.24) is 15.6 Å². The molecule has 2 rings (SSSR count). The van der Waals surface area contributed by atoms with E-state index >= 15 is 0 Å². The number of nitrogens with one attached hydrogen (secondary N) is 2. The van der Waals surface area contributed by atoms with Gasteiger partial charge in [-0.2, -0.15) is 0 Å². The molecule has 0 radical (unpaired) electrons. The fraction of sp³-hybridized carbons (Fsp3) is 0.545. The quantitative estimate of drug-likeness (QED) is 0.718. The van der Waals surface area contributed by atoms with E-state index in [0.29, 0.717) is 12.1 Å². The van der Waals surface area contributed by atoms with E-state index in [0.717, 1.165) is 19.5 Å². The minimum Gasteiger partial charge on any atom is -0.311 e. The van der Waals surface area contributed by atoms with Crippen LogP contribution in [0.3, 0.4) is 0 Å². The van der Waals surface area contributed by atoms with E-state index in [1.54, 1.807) is 0 Å². The smallest absolute Gasteiger partial charge is 0.0419 e. The molecule has 76 valence electrons. The monoisotopic (exact) mass is 191 g/mol. The molecule has 2 atom stereocenters. The van der Waals surface area contributed by atoms with E-state index in [1.807, 2.05) is 18.3 Å². The lowest BCUT2D eigenvalue weighted by molar-refractivity contribution is 0.335. The molecule has 1 aliphatic heterocycles. The topological polar surface area (TPSA) is 37.0 Å². The van der Waals surface area contributed by atoms with Crippen LogP contribution in [0.1, 0.15) is 12.6 Å². The number of piperazine rings is 1. The van der Waals surface area contributed by atoms with Crippen LogP contribution in [-0.4, -0.2) is 30.2 Å². The first-order valence-corrected chi connectivity index (χ1v) is 5.23. The van der Waals surface area contributed by atoms with Crippen molar-refractivity contribution >= 4 is 0 Å². The zero-order valence-corrected chi connectivity index (χ0v) is 8.53. The summed E-state index contributed by atoms with van der Waals surface area (Å²) in [6.45, 7) is 4.35. The van der Waals surface area contributed by atoms with Crippen LogP contribution in [0.25, 0.3) is 0 Å². The molecule has 2 N–H and O–H groups in total. The van der Waals surface area contributed by atoms with Crippen molar-refractivity contribution in [3.63, 3.8) is 0 Å². The molecule has 3 heteroatoms. The summed E-state index contributed by atoms with van der Waals surface area (Å²) in [4.78, 5) is 4.34. The summed E-state index contributed by atoms with van der Waals surface area (Å²) in [5, 5.41) is 6.98. The minimum absolute atomic E-state index is 0.513. The Morgan fingerprint density at radius 2 is 2.21 bits per heavy atom. The summed E-state index contributed by atoms with van der Waals surface area (Å²) in [5.41, 5.74) is 1.17. The Balaban J connectivity index is 1.96. The first-order valence-electron chi connectivity index (χ1n) is 5.23. The lowest BCUT2D eigenvalue weighted by atomic mass is 10.0. The van der Waals surface area contributed by atoms with Gasteiger partial charge in [0.1, 0.15) is 0 Å². The number of nitrogens with zero attached hydrogens (tertiary/aromatic N) is 1. The van der Waals surface area contributed by atoms with E-state index in [2.05, 4.69) is 28.6 Å². The Hall–Kier alpha value is -0.930. The van der Waals surface area contributed by atoms with Gasteiger partial charge in [0.05, 0.1) is 0 Å². The third-order valence-corrected chi connectivity index (χ3v) is 2.76. The van der Waals surface area contributed by atoms with Gasteiger partial charge in [-0.15, -0.1) is 0 Å². The van der Waals surface area contributed by atoms with Gasteiger partial charge in [-0.05, 0) is 19.1 Å². The normalized spacial score (nSPS) is 27.5. The summed E-state index contributed by atoms with van der Waals surface area (Å²) in [7, 11) is 0. The highest BCUT2D eigenvalue weighted by Gasteiger charge is 2.20. The third kappa shape index (κ3) is 2.30. The van der Waals surface area contributed by atoms with Crippen molar-refractivity contribution in [3.05, 3.63) is 30.1 Å². The standard InChI is InChI=1S/C11H17N3/c1-9-11(14-7-6-12-9)8-10-4-2-3-5-13-10/h2-5,9,11-12,14H,6-8H2,1H3. The second-order valence-corrected chi connectivity index (χ2v) is 3.83. The van der Waals surface area contributed by atoms with E-state index in [9.17, 15) is 0 Å². The number of pyridine rings is 1. The van der Waals surface area contributed by atoms with Crippen LogP contribution in [0.15, 0.2) is 24.4 Å². The van der Waals surface area contributed by atoms with Crippen LogP contribution in [-0.2, 0) is 6.42 Å². The highest BCUT2D eigenvalue weighted by molar-refractivity contribution is 5.06. The van der Waals surface area contributed by atoms with Gasteiger partial charge in [0.25, 0.3) is 0 Å². The predicted molar refractivity (Wildman–Crippen MR) is 57.2 cm³/mol. The lowest BCUT2D eigenvalue weighted by Crippen LogP contribution is -2.55. The predicted octanol–water partition coefficient (Wildman–Crippen LogP) is 0.574. The summed E-state index contributed by atoms with van der Waals surface area (Å²) < 4.78 is 0. The maximum absolute atomic E-state index is 4.34. The average molecular weight is 191 g/mol. The van der Waals surface area contributed by atoms with Crippen molar-refractivity contribution in [3.8, 4) is 0 Å². The van der Waals surface area contributed by atoms with Gasteiger partial charge in [0.2, 0.25) is 0 Å². The average Bonchev–Trinajstić information content (AvgIpc) is 2.23. The molecule has 0 bridgehead atoms. The highest BCUT2D eigenvalue weighted by atomic mass is 15.1. The van der Waals surface area contributed by atoms with Crippen LogP contribution in [0, 0.1) is 0 Å². The van der Waals surface area contributed by atoms with Gasteiger partial charge in [-0.1, -0.05) is 6.07 Å². The van der Waals surface area contributed by atoms with E-state index < -0.39 is 0 Å². The fourth-order valence-corrected chi connectivity index (χ4v) is 1.87. The van der Waals surface area contributed by atoms with Gasteiger partial charge < -0.3 is 10.6 Å². The molecular formula is C11H17N3. The summed E-state index contributed by atoms with van der Waals surface area (Å²) >= 11 is 0. The van der Waals surface area contributed by atoms with E-state index in [-0.39, 0.29) is 0 Å². The Morgan fingerprint density at radius 1 is 1.36 bits per heavy atom. The van der Waals surface area contributed by atoms with Gasteiger partial charge in [0, 0.05) is 43.5 Å². The Bertz CT molecular complexity index is 273. The maximum atomic E-state index is 4.34. The van der Waals surface area contributed by atoms with Gasteiger partial charge in [0.15, 0.2) is 0 Å². The molecule has 1 fully saturated rings. The summed E-state index contributed by atoms with van der Waals surface area (Å²) in [6.07, 6.45) is 2.87. The van der Waals surface area contributed by atoms with Crippen molar-refractivity contribution < 1.29 is 0 Å². The number of hydrogen-bond acceptors (Lipinski definition) is 3. The minimum atomic E-state index is 0.513. The van der Waals surface area contributed by atoms with Crippen LogP contribution >= 0.6 is 0 Å². The molecule has 1 aromatic heterocycles. The fourth-order valence-electron chi connectivity index (χ4n) is 1.87. The molecule has 1 saturated heterocycles. The SMILES string of the molecule is CC1NCCNC1Cc1ccccn1. The molecule has 1 aliphatic rings. The molecule has 2 heterocycles. The first-order chi connectivity index (χ1) is 6.86. The van der Waals surface area contributed by atoms with E-state index in [1.165, 1.54) is 5.69 Å². The van der Waals surface area contributed by atoms with Crippen LogP contribution in [0.2, 0.25) is 0 Å². The first kappa shape index (κ1) is 9.62. The summed E-state index contributed by atoms with van der Waals surface area (Å²) in [5.74, 6) is 0. The molecule has 0 spiro atoms. The zero-order valence-electron chi connectivity index (χ0n) is 8.53. The number of hydrogen-bond donors (Lipinski definition) is 2. The number of rotatable bonds is 2. The lowest BCUT2D eigenvalue weighted by Gasteiger charge is -2.31. The van der Waals surface area contributed by atoms with Gasteiger partial charge in [-0.3, -0.25) is 4.98 Å². The molecular weight excluding hydrogens is 174 g/mol. The molecule has 0 amide bonds. The molecule has 2 unspecified atom stereocenters. The van der Waals surface area contributed by atoms with Crippen molar-refractivity contribution in [1.29, 1.82) is 0 Å². The maximum Gasteiger partial charge on any atom is 0.0419 e. The van der Waals surface area contributed by atoms with Crippen LogP contribution in [0.4, 0.5) is 0 Å². The molecule has 0 saturated carbocycles. The second kappa shape index (κ2) is 4.53. The molecule has 14 heavy (non-hydrogen) atoms. The van der Waals surface area contributed by atoms with Crippen LogP contribution in [0.5, 0.6) is 0 Å². The van der Waals surface area contributed by atoms with Gasteiger partial charge >= 0.3 is 0 Å². The molecule has 0 aliphatic carbocycles. The highest BCUT2D eigenvalue weighted by Crippen LogP contribution is 2.05. The number of aromatic nitrogens is 1. The Morgan fingerprint density at radius 3 is 2.93 bits per heavy atom. The van der Waals surface area contributed by atoms with Crippen molar-refractivity contribution in [2.45, 2.75) is 25.4 Å². The van der Waals surface area contributed by atoms with Crippen molar-refractivity contribution in [2.75, 3.05) is 13.1 Å². The van der Waals surface area contributed by atoms with E-state index in [4.69, 9.17) is 0 Å². The summed E-state index contributed by atoms with van der Waals surface area (Å²) in [6, 6.07) is 7.13. The third-order valence-electron chi connectivity index (χ3n) is 2.76. The van der Waals surface area contributed by atoms with Crippen molar-refractivity contribution in [2.24, 2.45) is 0 Å². The molecule has 3 nitrogen and oxygen atoms in total. The van der Waals surface area contributed by atoms with Gasteiger partial charge in [-0.25, -0.2) is 0 Å². The molecule has 1 aromatic rings. The second-order valence-electron chi connectivity index (χ2n) is 3.83. The van der Waals surface area contributed by atoms with Crippen LogP contribution < -0.4 is 10.6 Å². The molecule has 0 aromatic carbocycles. The Kier molecular flexibility index (Phi) is 3.11. The Labute approximate surface area is 84.9 Å².